The Morgan fingerprint density at radius 3 is 3.00 bits per heavy atom. The maximum absolute atomic E-state index is 11.0. The van der Waals surface area contributed by atoms with E-state index in [4.69, 9.17) is 4.52 Å². The van der Waals surface area contributed by atoms with E-state index in [0.29, 0.717) is 6.04 Å². The van der Waals surface area contributed by atoms with Gasteiger partial charge in [-0.25, -0.2) is 0 Å². The molecule has 0 amide bonds. The molecule has 1 aromatic heterocycles. The van der Waals surface area contributed by atoms with Gasteiger partial charge < -0.3 is 14.2 Å². The van der Waals surface area contributed by atoms with Crippen LogP contribution in [-0.2, 0) is 4.79 Å². The van der Waals surface area contributed by atoms with Crippen molar-refractivity contribution in [2.45, 2.75) is 18.9 Å². The van der Waals surface area contributed by atoms with Gasteiger partial charge in [0.15, 0.2) is 11.4 Å². The van der Waals surface area contributed by atoms with Crippen LogP contribution in [0.4, 0.5) is 5.82 Å². The molecule has 2 aromatic rings. The van der Waals surface area contributed by atoms with E-state index in [1.807, 2.05) is 18.2 Å². The minimum atomic E-state index is 0.223. The van der Waals surface area contributed by atoms with E-state index in [2.05, 4.69) is 21.0 Å². The Morgan fingerprint density at radius 2 is 2.10 bits per heavy atom. The molecule has 2 atom stereocenters. The Bertz CT molecular complexity index is 654. The zero-order valence-electron chi connectivity index (χ0n) is 11.9. The number of aldehydes is 1. The summed E-state index contributed by atoms with van der Waals surface area (Å²) in [6, 6.07) is 8.55. The van der Waals surface area contributed by atoms with E-state index in [0.717, 1.165) is 62.1 Å². The molecule has 0 saturated carbocycles. The zero-order valence-corrected chi connectivity index (χ0v) is 11.9. The van der Waals surface area contributed by atoms with Gasteiger partial charge in [0.1, 0.15) is 6.29 Å². The van der Waals surface area contributed by atoms with E-state index < -0.39 is 0 Å². The van der Waals surface area contributed by atoms with Crippen molar-refractivity contribution in [1.29, 1.82) is 0 Å². The van der Waals surface area contributed by atoms with Crippen molar-refractivity contribution in [3.8, 4) is 0 Å². The van der Waals surface area contributed by atoms with E-state index in [1.54, 1.807) is 0 Å². The number of benzene rings is 1. The highest BCUT2D eigenvalue weighted by Crippen LogP contribution is 2.30. The zero-order chi connectivity index (χ0) is 14.2. The van der Waals surface area contributed by atoms with E-state index in [9.17, 15) is 4.79 Å². The molecular formula is C16H19N3O2. The summed E-state index contributed by atoms with van der Waals surface area (Å²) in [6.07, 6.45) is 3.22. The highest BCUT2D eigenvalue weighted by Gasteiger charge is 2.33. The van der Waals surface area contributed by atoms with Crippen molar-refractivity contribution in [3.63, 3.8) is 0 Å². The van der Waals surface area contributed by atoms with Crippen LogP contribution in [-0.4, -0.2) is 48.6 Å². The lowest BCUT2D eigenvalue weighted by Gasteiger charge is -2.45. The summed E-state index contributed by atoms with van der Waals surface area (Å²) in [6.45, 7) is 3.83. The third kappa shape index (κ3) is 2.21. The van der Waals surface area contributed by atoms with Crippen LogP contribution in [0.1, 0.15) is 12.8 Å². The fourth-order valence-electron chi connectivity index (χ4n) is 3.61. The third-order valence-corrected chi connectivity index (χ3v) is 4.79. The van der Waals surface area contributed by atoms with Crippen molar-refractivity contribution >= 4 is 23.1 Å². The van der Waals surface area contributed by atoms with Gasteiger partial charge in [0, 0.05) is 38.1 Å². The third-order valence-electron chi connectivity index (χ3n) is 4.79. The van der Waals surface area contributed by atoms with Crippen LogP contribution in [0.15, 0.2) is 28.8 Å². The lowest BCUT2D eigenvalue weighted by Crippen LogP contribution is -2.56. The van der Waals surface area contributed by atoms with E-state index in [-0.39, 0.29) is 5.92 Å². The molecule has 2 aliphatic heterocycles. The number of aromatic nitrogens is 1. The lowest BCUT2D eigenvalue weighted by atomic mass is 9.92. The van der Waals surface area contributed by atoms with E-state index in [1.165, 1.54) is 0 Å². The number of para-hydroxylation sites is 1. The quantitative estimate of drug-likeness (QED) is 0.789. The Kier molecular flexibility index (Phi) is 3.15. The molecule has 0 N–H and O–H groups in total. The number of fused-ring (bicyclic) bond motifs is 2. The highest BCUT2D eigenvalue weighted by molar-refractivity contribution is 5.88. The van der Waals surface area contributed by atoms with Crippen LogP contribution < -0.4 is 4.90 Å². The first-order valence-corrected chi connectivity index (χ1v) is 7.64. The monoisotopic (exact) mass is 285 g/mol. The smallest absolute Gasteiger partial charge is 0.180 e. The number of piperazine rings is 1. The van der Waals surface area contributed by atoms with Gasteiger partial charge in [-0.15, -0.1) is 0 Å². The van der Waals surface area contributed by atoms with Gasteiger partial charge in [-0.1, -0.05) is 17.3 Å². The first-order chi connectivity index (χ1) is 10.3. The molecule has 5 nitrogen and oxygen atoms in total. The summed E-state index contributed by atoms with van der Waals surface area (Å²) in [7, 11) is 0. The number of nitrogens with zero attached hydrogens (tertiary/aromatic N) is 3. The van der Waals surface area contributed by atoms with Crippen LogP contribution in [0.2, 0.25) is 0 Å². The molecule has 1 aromatic carbocycles. The largest absolute Gasteiger partial charge is 0.354 e. The average molecular weight is 285 g/mol. The summed E-state index contributed by atoms with van der Waals surface area (Å²) >= 11 is 0. The normalized spacial score (nSPS) is 26.8. The number of carbonyl (C=O) groups is 1. The van der Waals surface area contributed by atoms with Crippen molar-refractivity contribution in [2.24, 2.45) is 5.92 Å². The molecule has 4 rings (SSSR count). The second-order valence-electron chi connectivity index (χ2n) is 6.07. The number of carbonyl (C=O) groups excluding carboxylic acids is 1. The fraction of sp³-hybridized carbons (Fsp3) is 0.500. The topological polar surface area (TPSA) is 49.6 Å². The van der Waals surface area contributed by atoms with E-state index >= 15 is 0 Å². The van der Waals surface area contributed by atoms with Crippen molar-refractivity contribution in [3.05, 3.63) is 24.3 Å². The van der Waals surface area contributed by atoms with Crippen molar-refractivity contribution in [1.82, 2.24) is 10.1 Å². The Balaban J connectivity index is 1.55. The van der Waals surface area contributed by atoms with Gasteiger partial charge in [-0.05, 0) is 25.0 Å². The Labute approximate surface area is 123 Å². The molecule has 0 aliphatic carbocycles. The molecule has 2 saturated heterocycles. The summed E-state index contributed by atoms with van der Waals surface area (Å²) in [5, 5.41) is 5.35. The van der Waals surface area contributed by atoms with Gasteiger partial charge in [0.25, 0.3) is 0 Å². The first kappa shape index (κ1) is 12.8. The molecule has 0 bridgehead atoms. The highest BCUT2D eigenvalue weighted by atomic mass is 16.5. The summed E-state index contributed by atoms with van der Waals surface area (Å²) in [4.78, 5) is 15.8. The van der Waals surface area contributed by atoms with Crippen LogP contribution in [0.25, 0.3) is 11.0 Å². The molecule has 21 heavy (non-hydrogen) atoms. The number of piperidine rings is 1. The number of rotatable bonds is 2. The second-order valence-corrected chi connectivity index (χ2v) is 6.07. The molecule has 2 fully saturated rings. The molecule has 2 aliphatic rings. The Hall–Kier alpha value is -1.88. The van der Waals surface area contributed by atoms with Gasteiger partial charge in [0.2, 0.25) is 0 Å². The van der Waals surface area contributed by atoms with Crippen LogP contribution in [0.5, 0.6) is 0 Å². The molecular weight excluding hydrogens is 266 g/mol. The molecule has 3 heterocycles. The molecule has 0 radical (unpaired) electrons. The molecule has 0 spiro atoms. The Morgan fingerprint density at radius 1 is 1.19 bits per heavy atom. The number of anilines is 1. The van der Waals surface area contributed by atoms with Crippen LogP contribution in [0.3, 0.4) is 0 Å². The minimum Gasteiger partial charge on any atom is -0.354 e. The SMILES string of the molecule is O=C[C@H]1CC[C@H]2CN(c3noc4ccccc34)CCN2C1. The van der Waals surface area contributed by atoms with Crippen LogP contribution in [0, 0.1) is 5.92 Å². The number of hydrogen-bond acceptors (Lipinski definition) is 5. The molecule has 0 unspecified atom stereocenters. The minimum absolute atomic E-state index is 0.223. The van der Waals surface area contributed by atoms with Crippen LogP contribution >= 0.6 is 0 Å². The molecule has 110 valence electrons. The predicted octanol–water partition coefficient (Wildman–Crippen LogP) is 1.93. The standard InChI is InChI=1S/C16H19N3O2/c20-11-12-5-6-13-10-19(8-7-18(13)9-12)16-14-3-1-2-4-15(14)21-17-16/h1-4,11-13H,5-10H2/t12-,13-/m0/s1. The van der Waals surface area contributed by atoms with Gasteiger partial charge in [-0.3, -0.25) is 4.90 Å². The van der Waals surface area contributed by atoms with Gasteiger partial charge >= 0.3 is 0 Å². The maximum atomic E-state index is 11.0. The first-order valence-electron chi connectivity index (χ1n) is 7.64. The van der Waals surface area contributed by atoms with Crippen molar-refractivity contribution < 1.29 is 9.32 Å². The fourth-order valence-corrected chi connectivity index (χ4v) is 3.61. The predicted molar refractivity (Wildman–Crippen MR) is 80.4 cm³/mol. The van der Waals surface area contributed by atoms with Crippen molar-refractivity contribution in [2.75, 3.05) is 31.1 Å². The average Bonchev–Trinajstić information content (AvgIpc) is 2.98. The summed E-state index contributed by atoms with van der Waals surface area (Å²) < 4.78 is 5.42. The molecule has 5 heteroatoms. The summed E-state index contributed by atoms with van der Waals surface area (Å²) in [5.74, 6) is 1.18. The number of hydrogen-bond donors (Lipinski definition) is 0. The van der Waals surface area contributed by atoms with Gasteiger partial charge in [0.05, 0.1) is 5.39 Å². The summed E-state index contributed by atoms with van der Waals surface area (Å²) in [5.41, 5.74) is 0.847. The second kappa shape index (κ2) is 5.15. The van der Waals surface area contributed by atoms with Gasteiger partial charge in [-0.2, -0.15) is 0 Å². The maximum Gasteiger partial charge on any atom is 0.180 e. The lowest BCUT2D eigenvalue weighted by molar-refractivity contribution is -0.113.